The van der Waals surface area contributed by atoms with Crippen LogP contribution in [0.2, 0.25) is 0 Å². The van der Waals surface area contributed by atoms with E-state index in [1.54, 1.807) is 21.0 Å². The summed E-state index contributed by atoms with van der Waals surface area (Å²) in [4.78, 5) is 11.1. The Balaban J connectivity index is 4.04. The van der Waals surface area contributed by atoms with Crippen molar-refractivity contribution >= 4 is 16.1 Å². The van der Waals surface area contributed by atoms with Crippen molar-refractivity contribution in [3.05, 3.63) is 12.2 Å². The molecule has 0 saturated heterocycles. The van der Waals surface area contributed by atoms with Gasteiger partial charge in [0.05, 0.1) is 30.8 Å². The summed E-state index contributed by atoms with van der Waals surface area (Å²) in [5.41, 5.74) is 0.312. The van der Waals surface area contributed by atoms with E-state index < -0.39 is 21.8 Å². The average Bonchev–Trinajstić information content (AvgIpc) is 2.11. The molecule has 0 heterocycles. The Bertz CT molecular complexity index is 386. The van der Waals surface area contributed by atoms with Crippen molar-refractivity contribution in [3.8, 4) is 0 Å². The number of quaternary nitrogens is 1. The SMILES string of the molecule is C=C(C)C(=O)OC[N+](C)(C)CCCS(=O)(=O)[O-]. The fourth-order valence-electron chi connectivity index (χ4n) is 1.09. The first-order chi connectivity index (χ1) is 7.53. The zero-order valence-corrected chi connectivity index (χ0v) is 11.2. The van der Waals surface area contributed by atoms with Crippen molar-refractivity contribution in [1.82, 2.24) is 0 Å². The molecular formula is C10H19NO5S. The van der Waals surface area contributed by atoms with Gasteiger partial charge in [-0.05, 0) is 6.92 Å². The van der Waals surface area contributed by atoms with Crippen LogP contribution in [0, 0.1) is 0 Å². The molecule has 0 aliphatic rings. The normalized spacial score (nSPS) is 12.2. The topological polar surface area (TPSA) is 83.5 Å². The molecule has 0 radical (unpaired) electrons. The minimum atomic E-state index is -4.17. The first kappa shape index (κ1) is 16.1. The second-order valence-electron chi connectivity index (χ2n) is 4.62. The maximum absolute atomic E-state index is 11.1. The molecule has 0 bridgehead atoms. The lowest BCUT2D eigenvalue weighted by molar-refractivity contribution is -0.907. The van der Waals surface area contributed by atoms with Gasteiger partial charge < -0.3 is 9.29 Å². The van der Waals surface area contributed by atoms with Gasteiger partial charge in [-0.25, -0.2) is 13.2 Å². The van der Waals surface area contributed by atoms with E-state index in [-0.39, 0.29) is 13.2 Å². The molecule has 0 atom stereocenters. The van der Waals surface area contributed by atoms with Crippen molar-refractivity contribution in [2.24, 2.45) is 0 Å². The largest absolute Gasteiger partial charge is 0.748 e. The highest BCUT2D eigenvalue weighted by Gasteiger charge is 2.17. The molecule has 0 spiro atoms. The number of hydrogen-bond acceptors (Lipinski definition) is 5. The van der Waals surface area contributed by atoms with Crippen LogP contribution in [-0.4, -0.2) is 56.5 Å². The van der Waals surface area contributed by atoms with Crippen molar-refractivity contribution in [2.75, 3.05) is 33.1 Å². The molecule has 0 aromatic carbocycles. The van der Waals surface area contributed by atoms with Gasteiger partial charge in [-0.1, -0.05) is 6.58 Å². The van der Waals surface area contributed by atoms with Crippen LogP contribution in [0.15, 0.2) is 12.2 Å². The molecule has 7 heteroatoms. The Hall–Kier alpha value is -0.920. The summed E-state index contributed by atoms with van der Waals surface area (Å²) in [6.07, 6.45) is 0.240. The summed E-state index contributed by atoms with van der Waals surface area (Å²) in [5, 5.41) is 0. The van der Waals surface area contributed by atoms with Crippen LogP contribution in [0.1, 0.15) is 13.3 Å². The smallest absolute Gasteiger partial charge is 0.337 e. The van der Waals surface area contributed by atoms with Crippen molar-refractivity contribution in [2.45, 2.75) is 13.3 Å². The third-order valence-electron chi connectivity index (χ3n) is 2.05. The molecule has 6 nitrogen and oxygen atoms in total. The van der Waals surface area contributed by atoms with Crippen LogP contribution in [0.25, 0.3) is 0 Å². The highest BCUT2D eigenvalue weighted by molar-refractivity contribution is 7.85. The minimum absolute atomic E-state index is 0.116. The summed E-state index contributed by atoms with van der Waals surface area (Å²) < 4.78 is 36.5. The Morgan fingerprint density at radius 1 is 1.41 bits per heavy atom. The quantitative estimate of drug-likeness (QED) is 0.214. The number of rotatable bonds is 7. The van der Waals surface area contributed by atoms with Crippen molar-refractivity contribution < 1.29 is 27.0 Å². The molecule has 0 fully saturated rings. The summed E-state index contributed by atoms with van der Waals surface area (Å²) in [5.74, 6) is -0.879. The molecule has 0 N–H and O–H groups in total. The lowest BCUT2D eigenvalue weighted by Crippen LogP contribution is -2.43. The highest BCUT2D eigenvalue weighted by Crippen LogP contribution is 2.03. The molecule has 100 valence electrons. The van der Waals surface area contributed by atoms with E-state index >= 15 is 0 Å². The lowest BCUT2D eigenvalue weighted by atomic mass is 10.4. The predicted octanol–water partition coefficient (Wildman–Crippen LogP) is 0.0749. The number of carbonyl (C=O) groups is 1. The van der Waals surface area contributed by atoms with Gasteiger partial charge in [0.1, 0.15) is 0 Å². The number of carbonyl (C=O) groups excluding carboxylic acids is 1. The van der Waals surface area contributed by atoms with Gasteiger partial charge in [0.2, 0.25) is 6.73 Å². The van der Waals surface area contributed by atoms with E-state index in [4.69, 9.17) is 4.74 Å². The first-order valence-electron chi connectivity index (χ1n) is 5.12. The van der Waals surface area contributed by atoms with Crippen molar-refractivity contribution in [3.63, 3.8) is 0 Å². The summed E-state index contributed by atoms with van der Waals surface area (Å²) in [6.45, 7) is 5.55. The number of nitrogens with zero attached hydrogens (tertiary/aromatic N) is 1. The summed E-state index contributed by atoms with van der Waals surface area (Å²) >= 11 is 0. The third-order valence-corrected chi connectivity index (χ3v) is 2.84. The Morgan fingerprint density at radius 2 is 1.94 bits per heavy atom. The molecular weight excluding hydrogens is 246 g/mol. The average molecular weight is 265 g/mol. The Kier molecular flexibility index (Phi) is 5.80. The highest BCUT2D eigenvalue weighted by atomic mass is 32.2. The van der Waals surface area contributed by atoms with Crippen molar-refractivity contribution in [1.29, 1.82) is 0 Å². The van der Waals surface area contributed by atoms with Crippen LogP contribution in [0.3, 0.4) is 0 Å². The van der Waals surface area contributed by atoms with Gasteiger partial charge in [0.15, 0.2) is 0 Å². The van der Waals surface area contributed by atoms with Gasteiger partial charge in [-0.3, -0.25) is 4.48 Å². The van der Waals surface area contributed by atoms with Crippen LogP contribution in [0.4, 0.5) is 0 Å². The number of esters is 1. The molecule has 0 aliphatic carbocycles. The lowest BCUT2D eigenvalue weighted by Gasteiger charge is -2.28. The third kappa shape index (κ3) is 8.84. The fourth-order valence-corrected chi connectivity index (χ4v) is 1.57. The maximum Gasteiger partial charge on any atom is 0.337 e. The first-order valence-corrected chi connectivity index (χ1v) is 6.69. The predicted molar refractivity (Wildman–Crippen MR) is 61.9 cm³/mol. The van der Waals surface area contributed by atoms with Crippen LogP contribution < -0.4 is 0 Å². The fraction of sp³-hybridized carbons (Fsp3) is 0.700. The molecule has 0 saturated carbocycles. The summed E-state index contributed by atoms with van der Waals surface area (Å²) in [7, 11) is -0.611. The van der Waals surface area contributed by atoms with E-state index in [1.807, 2.05) is 0 Å². The van der Waals surface area contributed by atoms with Crippen LogP contribution in [-0.2, 0) is 19.6 Å². The molecule has 0 aromatic rings. The van der Waals surface area contributed by atoms with Gasteiger partial charge in [0, 0.05) is 17.7 Å². The number of hydrogen-bond donors (Lipinski definition) is 0. The summed E-state index contributed by atoms with van der Waals surface area (Å²) in [6, 6.07) is 0. The second kappa shape index (κ2) is 6.13. The molecule has 17 heavy (non-hydrogen) atoms. The van der Waals surface area contributed by atoms with Crippen LogP contribution >= 0.6 is 0 Å². The van der Waals surface area contributed by atoms with Gasteiger partial charge in [-0.15, -0.1) is 0 Å². The van der Waals surface area contributed by atoms with Crippen LogP contribution in [0.5, 0.6) is 0 Å². The Morgan fingerprint density at radius 3 is 2.35 bits per heavy atom. The number of ether oxygens (including phenoxy) is 1. The van der Waals surface area contributed by atoms with E-state index in [1.165, 1.54) is 0 Å². The zero-order valence-electron chi connectivity index (χ0n) is 10.4. The molecule has 0 rings (SSSR count). The molecule has 0 unspecified atom stereocenters. The van der Waals surface area contributed by atoms with E-state index in [9.17, 15) is 17.8 Å². The maximum atomic E-state index is 11.1. The van der Waals surface area contributed by atoms with E-state index in [2.05, 4.69) is 6.58 Å². The van der Waals surface area contributed by atoms with Gasteiger partial charge >= 0.3 is 5.97 Å². The zero-order chi connectivity index (χ0) is 13.7. The van der Waals surface area contributed by atoms with E-state index in [0.29, 0.717) is 16.6 Å². The van der Waals surface area contributed by atoms with Gasteiger partial charge in [0.25, 0.3) is 0 Å². The Labute approximate surface area is 102 Å². The molecule has 0 amide bonds. The minimum Gasteiger partial charge on any atom is -0.748 e. The monoisotopic (exact) mass is 265 g/mol. The standard InChI is InChI=1S/C10H19NO5S/c1-9(2)10(12)16-8-11(3,4)6-5-7-17(13,14)15/h1,5-8H2,2-4H3. The van der Waals surface area contributed by atoms with Gasteiger partial charge in [-0.2, -0.15) is 0 Å². The molecule has 0 aliphatic heterocycles. The molecule has 0 aromatic heterocycles. The second-order valence-corrected chi connectivity index (χ2v) is 6.14. The van der Waals surface area contributed by atoms with E-state index in [0.717, 1.165) is 0 Å².